The predicted molar refractivity (Wildman–Crippen MR) is 86.0 cm³/mol. The van der Waals surface area contributed by atoms with E-state index in [-0.39, 0.29) is 11.9 Å². The van der Waals surface area contributed by atoms with Crippen molar-refractivity contribution in [3.63, 3.8) is 0 Å². The van der Waals surface area contributed by atoms with Crippen LogP contribution in [-0.2, 0) is 4.79 Å². The molecule has 4 fully saturated rings. The van der Waals surface area contributed by atoms with Crippen molar-refractivity contribution < 1.29 is 4.79 Å². The van der Waals surface area contributed by atoms with E-state index in [2.05, 4.69) is 31.4 Å². The maximum Gasteiger partial charge on any atom is 0.221 e. The molecule has 3 nitrogen and oxygen atoms in total. The van der Waals surface area contributed by atoms with Gasteiger partial charge in [-0.05, 0) is 82.1 Å². The van der Waals surface area contributed by atoms with Gasteiger partial charge < -0.3 is 10.6 Å². The molecule has 2 atom stereocenters. The van der Waals surface area contributed by atoms with E-state index < -0.39 is 0 Å². The SMILES string of the molecule is CCNC(C)CC(=O)NC(C)C12CC3CC(CC(C3)C1)C2. The van der Waals surface area contributed by atoms with Gasteiger partial charge in [0.25, 0.3) is 0 Å². The van der Waals surface area contributed by atoms with Crippen LogP contribution < -0.4 is 10.6 Å². The van der Waals surface area contributed by atoms with Gasteiger partial charge in [0.2, 0.25) is 5.91 Å². The summed E-state index contributed by atoms with van der Waals surface area (Å²) in [5.74, 6) is 3.09. The molecule has 4 rings (SSSR count). The van der Waals surface area contributed by atoms with Gasteiger partial charge in [-0.15, -0.1) is 0 Å². The summed E-state index contributed by atoms with van der Waals surface area (Å²) in [5.41, 5.74) is 0.422. The molecule has 0 radical (unpaired) electrons. The Balaban J connectivity index is 1.58. The lowest BCUT2D eigenvalue weighted by atomic mass is 9.48. The van der Waals surface area contributed by atoms with Crippen LogP contribution in [0.25, 0.3) is 0 Å². The average molecular weight is 292 g/mol. The van der Waals surface area contributed by atoms with E-state index in [1.807, 2.05) is 0 Å². The zero-order chi connectivity index (χ0) is 15.0. The topological polar surface area (TPSA) is 41.1 Å². The summed E-state index contributed by atoms with van der Waals surface area (Å²) >= 11 is 0. The number of carbonyl (C=O) groups is 1. The summed E-state index contributed by atoms with van der Waals surface area (Å²) in [6.07, 6.45) is 9.10. The highest BCUT2D eigenvalue weighted by Crippen LogP contribution is 2.61. The zero-order valence-electron chi connectivity index (χ0n) is 14.0. The van der Waals surface area contributed by atoms with Crippen molar-refractivity contribution in [3.8, 4) is 0 Å². The largest absolute Gasteiger partial charge is 0.353 e. The minimum absolute atomic E-state index is 0.228. The molecule has 4 bridgehead atoms. The second-order valence-corrected chi connectivity index (χ2v) is 8.23. The second kappa shape index (κ2) is 5.91. The minimum atomic E-state index is 0.228. The van der Waals surface area contributed by atoms with E-state index >= 15 is 0 Å². The summed E-state index contributed by atoms with van der Waals surface area (Å²) in [7, 11) is 0. The van der Waals surface area contributed by atoms with E-state index in [4.69, 9.17) is 0 Å². The fourth-order valence-corrected chi connectivity index (χ4v) is 5.86. The first kappa shape index (κ1) is 15.3. The predicted octanol–water partition coefficient (Wildman–Crippen LogP) is 3.10. The highest BCUT2D eigenvalue weighted by molar-refractivity contribution is 5.76. The summed E-state index contributed by atoms with van der Waals surface area (Å²) in [6, 6.07) is 0.630. The molecule has 4 saturated carbocycles. The molecular weight excluding hydrogens is 260 g/mol. The van der Waals surface area contributed by atoms with Crippen LogP contribution in [-0.4, -0.2) is 24.5 Å². The number of carbonyl (C=O) groups excluding carboxylic acids is 1. The van der Waals surface area contributed by atoms with Crippen molar-refractivity contribution in [1.82, 2.24) is 10.6 Å². The van der Waals surface area contributed by atoms with Gasteiger partial charge in [0.15, 0.2) is 0 Å². The lowest BCUT2D eigenvalue weighted by Gasteiger charge is -2.59. The third-order valence-electron chi connectivity index (χ3n) is 6.43. The third-order valence-corrected chi connectivity index (χ3v) is 6.43. The third kappa shape index (κ3) is 3.13. The van der Waals surface area contributed by atoms with E-state index in [9.17, 15) is 4.79 Å². The van der Waals surface area contributed by atoms with Crippen molar-refractivity contribution in [2.75, 3.05) is 6.54 Å². The normalized spacial score (nSPS) is 40.0. The Morgan fingerprint density at radius 2 is 1.62 bits per heavy atom. The first-order valence-electron chi connectivity index (χ1n) is 9.03. The quantitative estimate of drug-likeness (QED) is 0.790. The molecule has 4 aliphatic carbocycles. The van der Waals surface area contributed by atoms with Gasteiger partial charge >= 0.3 is 0 Å². The maximum atomic E-state index is 12.3. The monoisotopic (exact) mass is 292 g/mol. The number of nitrogens with one attached hydrogen (secondary N) is 2. The van der Waals surface area contributed by atoms with Crippen LogP contribution in [0.3, 0.4) is 0 Å². The molecule has 0 spiro atoms. The lowest BCUT2D eigenvalue weighted by molar-refractivity contribution is -0.126. The molecule has 2 N–H and O–H groups in total. The van der Waals surface area contributed by atoms with Crippen LogP contribution in [0, 0.1) is 23.2 Å². The van der Waals surface area contributed by atoms with Gasteiger partial charge in [-0.25, -0.2) is 0 Å². The summed E-state index contributed by atoms with van der Waals surface area (Å²) in [6.45, 7) is 7.38. The molecule has 120 valence electrons. The Hall–Kier alpha value is -0.570. The highest BCUT2D eigenvalue weighted by Gasteiger charge is 2.53. The standard InChI is InChI=1S/C18H32N2O/c1-4-19-12(2)5-17(21)20-13(3)18-9-14-6-15(10-18)8-16(7-14)11-18/h12-16,19H,4-11H2,1-3H3,(H,20,21). The van der Waals surface area contributed by atoms with Gasteiger partial charge in [0.1, 0.15) is 0 Å². The van der Waals surface area contributed by atoms with Gasteiger partial charge in [-0.2, -0.15) is 0 Å². The van der Waals surface area contributed by atoms with Crippen LogP contribution in [0.2, 0.25) is 0 Å². The van der Waals surface area contributed by atoms with E-state index in [1.54, 1.807) is 0 Å². The van der Waals surface area contributed by atoms with Crippen molar-refractivity contribution in [2.45, 2.75) is 77.8 Å². The molecule has 0 aromatic heterocycles. The van der Waals surface area contributed by atoms with Gasteiger partial charge in [0, 0.05) is 18.5 Å². The van der Waals surface area contributed by atoms with Crippen molar-refractivity contribution >= 4 is 5.91 Å². The first-order chi connectivity index (χ1) is 10.0. The average Bonchev–Trinajstić information content (AvgIpc) is 2.36. The fraction of sp³-hybridized carbons (Fsp3) is 0.944. The smallest absolute Gasteiger partial charge is 0.221 e. The van der Waals surface area contributed by atoms with Gasteiger partial charge in [0.05, 0.1) is 0 Å². The lowest BCUT2D eigenvalue weighted by Crippen LogP contribution is -2.56. The molecule has 0 aromatic rings. The second-order valence-electron chi connectivity index (χ2n) is 8.23. The van der Waals surface area contributed by atoms with Crippen LogP contribution >= 0.6 is 0 Å². The maximum absolute atomic E-state index is 12.3. The number of amides is 1. The molecule has 0 heterocycles. The Kier molecular flexibility index (Phi) is 4.31. The Labute approximate surface area is 129 Å². The Morgan fingerprint density at radius 3 is 2.10 bits per heavy atom. The number of hydrogen-bond donors (Lipinski definition) is 2. The summed E-state index contributed by atoms with van der Waals surface area (Å²) in [5, 5.41) is 6.67. The molecule has 2 unspecified atom stereocenters. The molecule has 3 heteroatoms. The zero-order valence-corrected chi connectivity index (χ0v) is 14.0. The van der Waals surface area contributed by atoms with E-state index in [1.165, 1.54) is 38.5 Å². The Bertz CT molecular complexity index is 357. The Morgan fingerprint density at radius 1 is 1.10 bits per heavy atom. The first-order valence-corrected chi connectivity index (χ1v) is 9.03. The van der Waals surface area contributed by atoms with Crippen LogP contribution in [0.4, 0.5) is 0 Å². The van der Waals surface area contributed by atoms with Crippen LogP contribution in [0.1, 0.15) is 65.7 Å². The van der Waals surface area contributed by atoms with Crippen molar-refractivity contribution in [3.05, 3.63) is 0 Å². The van der Waals surface area contributed by atoms with E-state index in [0.717, 1.165) is 24.3 Å². The summed E-state index contributed by atoms with van der Waals surface area (Å²) < 4.78 is 0. The minimum Gasteiger partial charge on any atom is -0.353 e. The van der Waals surface area contributed by atoms with Gasteiger partial charge in [-0.3, -0.25) is 4.79 Å². The molecule has 4 aliphatic rings. The molecule has 0 aromatic carbocycles. The van der Waals surface area contributed by atoms with Crippen LogP contribution in [0.15, 0.2) is 0 Å². The summed E-state index contributed by atoms with van der Waals surface area (Å²) in [4.78, 5) is 12.3. The molecule has 0 aliphatic heterocycles. The molecule has 0 saturated heterocycles. The van der Waals surface area contributed by atoms with Crippen molar-refractivity contribution in [1.29, 1.82) is 0 Å². The molecule has 1 amide bonds. The number of hydrogen-bond acceptors (Lipinski definition) is 2. The molecular formula is C18H32N2O. The molecule has 21 heavy (non-hydrogen) atoms. The van der Waals surface area contributed by atoms with Gasteiger partial charge in [-0.1, -0.05) is 6.92 Å². The number of rotatable bonds is 6. The van der Waals surface area contributed by atoms with Crippen LogP contribution in [0.5, 0.6) is 0 Å². The highest BCUT2D eigenvalue weighted by atomic mass is 16.1. The van der Waals surface area contributed by atoms with E-state index in [0.29, 0.717) is 17.9 Å². The fourth-order valence-electron chi connectivity index (χ4n) is 5.86. The van der Waals surface area contributed by atoms with Crippen molar-refractivity contribution in [2.24, 2.45) is 23.2 Å².